The normalized spacial score (nSPS) is 15.6. The van der Waals surface area contributed by atoms with Crippen LogP contribution in [-0.4, -0.2) is 0 Å². The first-order valence-corrected chi connectivity index (χ1v) is 14.3. The SMILES string of the molecule is Cc1ccc2c(c1)-c1c(ccc3c1-c1ccccc1C3(C)C)C2(c1cccc(Br)c1)c1cccc(Br)c1. The molecule has 0 saturated heterocycles. The van der Waals surface area contributed by atoms with Gasteiger partial charge in [0.1, 0.15) is 0 Å². The molecular weight excluding hydrogens is 580 g/mol. The summed E-state index contributed by atoms with van der Waals surface area (Å²) in [5.74, 6) is 0. The van der Waals surface area contributed by atoms with Gasteiger partial charge in [-0.25, -0.2) is 0 Å². The fourth-order valence-corrected chi connectivity index (χ4v) is 7.75. The summed E-state index contributed by atoms with van der Waals surface area (Å²) in [6.07, 6.45) is 0. The van der Waals surface area contributed by atoms with Crippen molar-refractivity contribution < 1.29 is 0 Å². The molecule has 5 aromatic carbocycles. The van der Waals surface area contributed by atoms with E-state index in [9.17, 15) is 0 Å². The van der Waals surface area contributed by atoms with E-state index in [0.29, 0.717) is 0 Å². The maximum Gasteiger partial charge on any atom is 0.0714 e. The summed E-state index contributed by atoms with van der Waals surface area (Å²) in [5.41, 5.74) is 14.4. The molecule has 0 aromatic heterocycles. The van der Waals surface area contributed by atoms with Gasteiger partial charge in [-0.05, 0) is 86.8 Å². The van der Waals surface area contributed by atoms with Crippen molar-refractivity contribution in [3.8, 4) is 22.3 Å². The van der Waals surface area contributed by atoms with Crippen molar-refractivity contribution in [3.63, 3.8) is 0 Å². The first-order valence-electron chi connectivity index (χ1n) is 12.7. The zero-order chi connectivity index (χ0) is 25.5. The molecule has 2 aliphatic carbocycles. The molecule has 2 heteroatoms. The van der Waals surface area contributed by atoms with Crippen molar-refractivity contribution in [1.82, 2.24) is 0 Å². The smallest absolute Gasteiger partial charge is 0.0619 e. The van der Waals surface area contributed by atoms with Crippen molar-refractivity contribution in [2.45, 2.75) is 31.6 Å². The third-order valence-corrected chi connectivity index (χ3v) is 9.50. The van der Waals surface area contributed by atoms with E-state index in [0.717, 1.165) is 8.95 Å². The van der Waals surface area contributed by atoms with E-state index in [4.69, 9.17) is 0 Å². The van der Waals surface area contributed by atoms with Crippen LogP contribution in [0, 0.1) is 6.92 Å². The predicted octanol–water partition coefficient (Wildman–Crippen LogP) is 10.2. The Morgan fingerprint density at radius 2 is 1.11 bits per heavy atom. The molecule has 0 radical (unpaired) electrons. The van der Waals surface area contributed by atoms with E-state index in [1.54, 1.807) is 0 Å². The van der Waals surface area contributed by atoms with Crippen LogP contribution in [-0.2, 0) is 10.8 Å². The molecule has 0 heterocycles. The summed E-state index contributed by atoms with van der Waals surface area (Å²) in [5, 5.41) is 0. The lowest BCUT2D eigenvalue weighted by molar-refractivity contribution is 0.659. The summed E-state index contributed by atoms with van der Waals surface area (Å²) >= 11 is 7.58. The molecule has 0 nitrogen and oxygen atoms in total. The van der Waals surface area contributed by atoms with E-state index in [1.807, 2.05) is 0 Å². The highest BCUT2D eigenvalue weighted by molar-refractivity contribution is 9.10. The lowest BCUT2D eigenvalue weighted by Crippen LogP contribution is -2.28. The third kappa shape index (κ3) is 3.06. The molecule has 0 spiro atoms. The Balaban J connectivity index is 1.70. The lowest BCUT2D eigenvalue weighted by Gasteiger charge is -2.34. The Labute approximate surface area is 235 Å². The summed E-state index contributed by atoms with van der Waals surface area (Å²) in [4.78, 5) is 0. The van der Waals surface area contributed by atoms with Gasteiger partial charge >= 0.3 is 0 Å². The van der Waals surface area contributed by atoms with Crippen molar-refractivity contribution in [1.29, 1.82) is 0 Å². The molecule has 37 heavy (non-hydrogen) atoms. The van der Waals surface area contributed by atoms with Gasteiger partial charge in [0.05, 0.1) is 5.41 Å². The number of aryl methyl sites for hydroxylation is 1. The second kappa shape index (κ2) is 8.03. The first kappa shape index (κ1) is 23.2. The van der Waals surface area contributed by atoms with Crippen LogP contribution in [0.2, 0.25) is 0 Å². The first-order chi connectivity index (χ1) is 17.8. The van der Waals surface area contributed by atoms with E-state index < -0.39 is 5.41 Å². The Hall–Kier alpha value is -2.94. The standard InChI is InChI=1S/C35H26Br2/c1-21-14-15-29-27(18-21)33-31(17-16-30-32(33)26-12-4-5-13-28(26)34(30,2)3)35(29,22-8-6-10-24(36)19-22)23-9-7-11-25(37)20-23/h4-20H,1-3H3. The second-order valence-electron chi connectivity index (χ2n) is 10.9. The molecular formula is C35H26Br2. The summed E-state index contributed by atoms with van der Waals surface area (Å²) in [6.45, 7) is 6.94. The average molecular weight is 606 g/mol. The third-order valence-electron chi connectivity index (χ3n) is 8.52. The largest absolute Gasteiger partial charge is 0.0714 e. The number of benzene rings is 5. The monoisotopic (exact) mass is 604 g/mol. The molecule has 0 fully saturated rings. The Kier molecular flexibility index (Phi) is 5.03. The minimum atomic E-state index is -0.428. The number of hydrogen-bond donors (Lipinski definition) is 0. The van der Waals surface area contributed by atoms with Crippen molar-refractivity contribution >= 4 is 31.9 Å². The van der Waals surface area contributed by atoms with Gasteiger partial charge in [0.2, 0.25) is 0 Å². The zero-order valence-corrected chi connectivity index (χ0v) is 24.2. The molecule has 0 saturated carbocycles. The van der Waals surface area contributed by atoms with E-state index in [-0.39, 0.29) is 5.41 Å². The summed E-state index contributed by atoms with van der Waals surface area (Å²) in [7, 11) is 0. The van der Waals surface area contributed by atoms with Crippen molar-refractivity contribution in [2.24, 2.45) is 0 Å². The van der Waals surface area contributed by atoms with Crippen molar-refractivity contribution in [3.05, 3.63) is 151 Å². The minimum absolute atomic E-state index is 0.0399. The van der Waals surface area contributed by atoms with Crippen LogP contribution in [0.1, 0.15) is 52.8 Å². The van der Waals surface area contributed by atoms with Crippen LogP contribution >= 0.6 is 31.9 Å². The molecule has 7 rings (SSSR count). The number of hydrogen-bond acceptors (Lipinski definition) is 0. The topological polar surface area (TPSA) is 0 Å². The highest BCUT2D eigenvalue weighted by atomic mass is 79.9. The molecule has 2 aliphatic rings. The van der Waals surface area contributed by atoms with Crippen LogP contribution in [0.25, 0.3) is 22.3 Å². The molecule has 0 bridgehead atoms. The van der Waals surface area contributed by atoms with Crippen LogP contribution < -0.4 is 0 Å². The molecule has 0 amide bonds. The maximum atomic E-state index is 3.79. The molecule has 0 aliphatic heterocycles. The highest BCUT2D eigenvalue weighted by Gasteiger charge is 2.49. The van der Waals surface area contributed by atoms with Gasteiger partial charge < -0.3 is 0 Å². The second-order valence-corrected chi connectivity index (χ2v) is 12.7. The Bertz CT molecular complexity index is 1700. The van der Waals surface area contributed by atoms with Gasteiger partial charge in [0.15, 0.2) is 0 Å². The van der Waals surface area contributed by atoms with Crippen LogP contribution in [0.15, 0.2) is 112 Å². The fraction of sp³-hybridized carbons (Fsp3) is 0.143. The zero-order valence-electron chi connectivity index (χ0n) is 21.1. The molecule has 5 aromatic rings. The predicted molar refractivity (Wildman–Crippen MR) is 161 cm³/mol. The fourth-order valence-electron chi connectivity index (χ4n) is 6.96. The van der Waals surface area contributed by atoms with Crippen LogP contribution in [0.3, 0.4) is 0 Å². The average Bonchev–Trinajstić information content (AvgIpc) is 3.31. The Morgan fingerprint density at radius 1 is 0.514 bits per heavy atom. The molecule has 0 atom stereocenters. The molecule has 180 valence electrons. The summed E-state index contributed by atoms with van der Waals surface area (Å²) in [6, 6.07) is 38.6. The van der Waals surface area contributed by atoms with Gasteiger partial charge in [-0.3, -0.25) is 0 Å². The maximum absolute atomic E-state index is 3.79. The summed E-state index contributed by atoms with van der Waals surface area (Å²) < 4.78 is 2.18. The van der Waals surface area contributed by atoms with Gasteiger partial charge in [-0.15, -0.1) is 0 Å². The van der Waals surface area contributed by atoms with E-state index >= 15 is 0 Å². The Morgan fingerprint density at radius 3 is 1.78 bits per heavy atom. The highest BCUT2D eigenvalue weighted by Crippen LogP contribution is 2.62. The number of fused-ring (bicyclic) bond motifs is 7. The van der Waals surface area contributed by atoms with Crippen LogP contribution in [0.5, 0.6) is 0 Å². The van der Waals surface area contributed by atoms with Gasteiger partial charge in [0, 0.05) is 14.4 Å². The quantitative estimate of drug-likeness (QED) is 0.184. The van der Waals surface area contributed by atoms with Gasteiger partial charge in [0.25, 0.3) is 0 Å². The molecule has 0 N–H and O–H groups in total. The number of rotatable bonds is 2. The van der Waals surface area contributed by atoms with E-state index in [2.05, 4.69) is 156 Å². The van der Waals surface area contributed by atoms with Crippen molar-refractivity contribution in [2.75, 3.05) is 0 Å². The minimum Gasteiger partial charge on any atom is -0.0619 e. The van der Waals surface area contributed by atoms with Gasteiger partial charge in [-0.1, -0.05) is 130 Å². The van der Waals surface area contributed by atoms with Crippen LogP contribution in [0.4, 0.5) is 0 Å². The van der Waals surface area contributed by atoms with Gasteiger partial charge in [-0.2, -0.15) is 0 Å². The number of halogens is 2. The lowest BCUT2D eigenvalue weighted by atomic mass is 9.67. The van der Waals surface area contributed by atoms with E-state index in [1.165, 1.54) is 61.2 Å². The molecule has 0 unspecified atom stereocenters.